The van der Waals surface area contributed by atoms with Crippen molar-refractivity contribution in [1.29, 1.82) is 0 Å². The molecule has 0 N–H and O–H groups in total. The van der Waals surface area contributed by atoms with Crippen molar-refractivity contribution in [3.63, 3.8) is 0 Å². The van der Waals surface area contributed by atoms with Crippen LogP contribution >= 0.6 is 0 Å². The Labute approximate surface area is 151 Å². The normalized spacial score (nSPS) is 45.9. The molecule has 0 unspecified atom stereocenters. The van der Waals surface area contributed by atoms with Crippen LogP contribution in [0.25, 0.3) is 0 Å². The van der Waals surface area contributed by atoms with Gasteiger partial charge < -0.3 is 4.74 Å². The largest absolute Gasteiger partial charge is 0.462 e. The quantitative estimate of drug-likeness (QED) is 0.673. The van der Waals surface area contributed by atoms with Crippen LogP contribution in [0.2, 0.25) is 0 Å². The van der Waals surface area contributed by atoms with Gasteiger partial charge in [-0.2, -0.15) is 0 Å². The first kappa shape index (κ1) is 17.3. The van der Waals surface area contributed by atoms with Crippen molar-refractivity contribution in [3.05, 3.63) is 11.6 Å². The third kappa shape index (κ3) is 2.52. The second kappa shape index (κ2) is 5.96. The van der Waals surface area contributed by atoms with Crippen molar-refractivity contribution in [2.75, 3.05) is 0 Å². The molecule has 3 fully saturated rings. The highest BCUT2D eigenvalue weighted by molar-refractivity contribution is 5.91. The molecule has 0 bridgehead atoms. The van der Waals surface area contributed by atoms with Crippen molar-refractivity contribution >= 4 is 11.8 Å². The van der Waals surface area contributed by atoms with E-state index in [0.717, 1.165) is 38.0 Å². The van der Waals surface area contributed by atoms with Crippen molar-refractivity contribution in [1.82, 2.24) is 0 Å². The lowest BCUT2D eigenvalue weighted by molar-refractivity contribution is -0.159. The molecule has 4 rings (SSSR count). The van der Waals surface area contributed by atoms with Crippen LogP contribution < -0.4 is 0 Å². The molecule has 25 heavy (non-hydrogen) atoms. The van der Waals surface area contributed by atoms with Gasteiger partial charge in [0.15, 0.2) is 5.78 Å². The van der Waals surface area contributed by atoms with Gasteiger partial charge in [-0.25, -0.2) is 0 Å². The summed E-state index contributed by atoms with van der Waals surface area (Å²) in [6.07, 6.45) is 11.3. The van der Waals surface area contributed by atoms with E-state index in [4.69, 9.17) is 4.74 Å². The van der Waals surface area contributed by atoms with E-state index in [2.05, 4.69) is 13.8 Å². The molecule has 0 aliphatic heterocycles. The molecule has 4 aliphatic rings. The van der Waals surface area contributed by atoms with Gasteiger partial charge in [0, 0.05) is 18.3 Å². The Morgan fingerprint density at radius 3 is 2.68 bits per heavy atom. The van der Waals surface area contributed by atoms with Crippen molar-refractivity contribution in [2.45, 2.75) is 84.7 Å². The molecule has 4 aliphatic carbocycles. The van der Waals surface area contributed by atoms with Gasteiger partial charge in [-0.15, -0.1) is 0 Å². The van der Waals surface area contributed by atoms with Gasteiger partial charge in [-0.05, 0) is 74.2 Å². The van der Waals surface area contributed by atoms with E-state index in [-0.39, 0.29) is 22.9 Å². The van der Waals surface area contributed by atoms with E-state index >= 15 is 0 Å². The molecule has 0 aromatic carbocycles. The van der Waals surface area contributed by atoms with E-state index in [0.29, 0.717) is 24.0 Å². The highest BCUT2D eigenvalue weighted by Gasteiger charge is 2.59. The Kier molecular flexibility index (Phi) is 4.12. The minimum atomic E-state index is -0.0411. The predicted molar refractivity (Wildman–Crippen MR) is 96.9 cm³/mol. The van der Waals surface area contributed by atoms with Crippen LogP contribution in [0.3, 0.4) is 0 Å². The molecular formula is C22H32O3. The number of esters is 1. The number of ketones is 1. The zero-order valence-corrected chi connectivity index (χ0v) is 16.0. The van der Waals surface area contributed by atoms with Gasteiger partial charge >= 0.3 is 5.97 Å². The molecular weight excluding hydrogens is 312 g/mol. The van der Waals surface area contributed by atoms with Crippen LogP contribution in [0.5, 0.6) is 0 Å². The van der Waals surface area contributed by atoms with Crippen LogP contribution in [0.1, 0.15) is 78.6 Å². The van der Waals surface area contributed by atoms with E-state index in [1.807, 2.05) is 13.0 Å². The monoisotopic (exact) mass is 344 g/mol. The number of fused-ring (bicyclic) bond motifs is 5. The lowest BCUT2D eigenvalue weighted by Gasteiger charge is -2.57. The first-order valence-electron chi connectivity index (χ1n) is 10.3. The van der Waals surface area contributed by atoms with E-state index in [9.17, 15) is 9.59 Å². The van der Waals surface area contributed by atoms with Gasteiger partial charge in [0.25, 0.3) is 0 Å². The van der Waals surface area contributed by atoms with Crippen LogP contribution in [-0.2, 0) is 14.3 Å². The average Bonchev–Trinajstić information content (AvgIpc) is 2.92. The molecule has 6 atom stereocenters. The topological polar surface area (TPSA) is 43.4 Å². The van der Waals surface area contributed by atoms with Gasteiger partial charge in [-0.3, -0.25) is 9.59 Å². The number of hydrogen-bond acceptors (Lipinski definition) is 3. The van der Waals surface area contributed by atoms with E-state index < -0.39 is 0 Å². The maximum Gasteiger partial charge on any atom is 0.305 e. The molecule has 0 saturated heterocycles. The fourth-order valence-electron chi connectivity index (χ4n) is 6.95. The summed E-state index contributed by atoms with van der Waals surface area (Å²) in [5.74, 6) is 2.41. The van der Waals surface area contributed by atoms with Crippen molar-refractivity contribution in [3.8, 4) is 0 Å². The highest BCUT2D eigenvalue weighted by atomic mass is 16.5. The van der Waals surface area contributed by atoms with Gasteiger partial charge in [0.05, 0.1) is 0 Å². The Bertz CT molecular complexity index is 621. The maximum absolute atomic E-state index is 11.9. The summed E-state index contributed by atoms with van der Waals surface area (Å²) in [5, 5.41) is 0. The molecule has 0 spiro atoms. The van der Waals surface area contributed by atoms with Crippen molar-refractivity contribution < 1.29 is 14.3 Å². The number of carbonyl (C=O) groups excluding carboxylic acids is 2. The third-order valence-corrected chi connectivity index (χ3v) is 8.44. The fourth-order valence-corrected chi connectivity index (χ4v) is 6.95. The van der Waals surface area contributed by atoms with Crippen molar-refractivity contribution in [2.24, 2.45) is 28.6 Å². The van der Waals surface area contributed by atoms with E-state index in [1.54, 1.807) is 0 Å². The van der Waals surface area contributed by atoms with Gasteiger partial charge in [-0.1, -0.05) is 26.3 Å². The van der Waals surface area contributed by atoms with Crippen LogP contribution in [0, 0.1) is 28.6 Å². The number of allylic oxidation sites excluding steroid dienone is 1. The second-order valence-electron chi connectivity index (χ2n) is 9.42. The summed E-state index contributed by atoms with van der Waals surface area (Å²) in [7, 11) is 0. The van der Waals surface area contributed by atoms with E-state index in [1.165, 1.54) is 24.8 Å². The Morgan fingerprint density at radius 1 is 1.12 bits per heavy atom. The molecule has 0 aromatic heterocycles. The fraction of sp³-hybridized carbons (Fsp3) is 0.818. The smallest absolute Gasteiger partial charge is 0.305 e. The molecule has 0 radical (unpaired) electrons. The number of carbonyl (C=O) groups is 2. The molecule has 0 heterocycles. The highest BCUT2D eigenvalue weighted by Crippen LogP contribution is 2.65. The van der Waals surface area contributed by atoms with Crippen LogP contribution in [0.4, 0.5) is 0 Å². The Balaban J connectivity index is 1.59. The summed E-state index contributed by atoms with van der Waals surface area (Å²) < 4.78 is 5.86. The predicted octanol–water partition coefficient (Wildman–Crippen LogP) is 4.84. The second-order valence-corrected chi connectivity index (χ2v) is 9.42. The van der Waals surface area contributed by atoms with Gasteiger partial charge in [0.2, 0.25) is 0 Å². The summed E-state index contributed by atoms with van der Waals surface area (Å²) in [6, 6.07) is 0. The molecule has 138 valence electrons. The first-order chi connectivity index (χ1) is 11.9. The Hall–Kier alpha value is -1.12. The SMILES string of the molecule is CCC(=O)O[C@@H]1CC[C@@H]2[C@H]3CCC4=CC(=O)CC[C@]4(C)[C@@H]3CC[C@]21C. The molecule has 0 aromatic rings. The zero-order chi connectivity index (χ0) is 17.8. The molecule has 0 amide bonds. The summed E-state index contributed by atoms with van der Waals surface area (Å²) in [4.78, 5) is 23.8. The third-order valence-electron chi connectivity index (χ3n) is 8.44. The number of hydrogen-bond donors (Lipinski definition) is 0. The summed E-state index contributed by atoms with van der Waals surface area (Å²) in [6.45, 7) is 6.69. The summed E-state index contributed by atoms with van der Waals surface area (Å²) in [5.41, 5.74) is 1.82. The number of rotatable bonds is 2. The Morgan fingerprint density at radius 2 is 1.92 bits per heavy atom. The molecule has 3 saturated carbocycles. The van der Waals surface area contributed by atoms with Crippen LogP contribution in [0.15, 0.2) is 11.6 Å². The maximum atomic E-state index is 11.9. The zero-order valence-electron chi connectivity index (χ0n) is 16.0. The number of ether oxygens (including phenoxy) is 1. The van der Waals surface area contributed by atoms with Gasteiger partial charge in [0.1, 0.15) is 6.10 Å². The standard InChI is InChI=1S/C22H32O3/c1-4-20(24)25-19-8-7-17-16-6-5-14-13-15(23)9-11-21(14,2)18(16)10-12-22(17,19)3/h13,16-19H,4-12H2,1-3H3/t16-,17-,18-,19-,21+,22-/m1/s1. The average molecular weight is 344 g/mol. The first-order valence-corrected chi connectivity index (χ1v) is 10.3. The molecule has 3 heteroatoms. The minimum Gasteiger partial charge on any atom is -0.462 e. The lowest BCUT2D eigenvalue weighted by atomic mass is 9.47. The summed E-state index contributed by atoms with van der Waals surface area (Å²) >= 11 is 0. The van der Waals surface area contributed by atoms with Crippen LogP contribution in [-0.4, -0.2) is 17.9 Å². The minimum absolute atomic E-state index is 0.0411. The lowest BCUT2D eigenvalue weighted by Crippen LogP contribution is -2.51. The molecule has 3 nitrogen and oxygen atoms in total.